The van der Waals surface area contributed by atoms with Crippen LogP contribution in [-0.4, -0.2) is 32.2 Å². The first-order chi connectivity index (χ1) is 12.3. The standard InChI is InChI=1S/C18H27N7/c19-13-5-7-14(8-6-13)21-18-20-10-9-16(23-18)22-17-11-15(24-25-17)12-3-1-2-4-12/h9-14H,1-8,19H2,(H3,20,21,22,23,24,25)/t13-,14+. The number of anilines is 3. The minimum Gasteiger partial charge on any atom is -0.351 e. The Morgan fingerprint density at radius 2 is 1.84 bits per heavy atom. The molecule has 2 heterocycles. The van der Waals surface area contributed by atoms with E-state index in [4.69, 9.17) is 5.73 Å². The number of H-pyrrole nitrogens is 1. The van der Waals surface area contributed by atoms with Crippen molar-refractivity contribution in [3.8, 4) is 0 Å². The molecule has 0 aliphatic heterocycles. The van der Waals surface area contributed by atoms with Gasteiger partial charge in [-0.2, -0.15) is 10.1 Å². The van der Waals surface area contributed by atoms with E-state index in [0.717, 1.165) is 37.3 Å². The maximum atomic E-state index is 5.97. The van der Waals surface area contributed by atoms with E-state index < -0.39 is 0 Å². The summed E-state index contributed by atoms with van der Waals surface area (Å²) < 4.78 is 0. The van der Waals surface area contributed by atoms with Crippen LogP contribution < -0.4 is 16.4 Å². The molecule has 0 saturated heterocycles. The van der Waals surface area contributed by atoms with Crippen molar-refractivity contribution >= 4 is 17.6 Å². The van der Waals surface area contributed by atoms with Crippen LogP contribution in [0.25, 0.3) is 0 Å². The lowest BCUT2D eigenvalue weighted by atomic mass is 9.92. The van der Waals surface area contributed by atoms with Crippen LogP contribution in [0.3, 0.4) is 0 Å². The van der Waals surface area contributed by atoms with Gasteiger partial charge in [-0.25, -0.2) is 4.98 Å². The van der Waals surface area contributed by atoms with Crippen LogP contribution in [0.4, 0.5) is 17.6 Å². The number of nitrogens with zero attached hydrogens (tertiary/aromatic N) is 3. The Morgan fingerprint density at radius 3 is 2.64 bits per heavy atom. The molecule has 2 aromatic rings. The first kappa shape index (κ1) is 16.3. The van der Waals surface area contributed by atoms with Crippen LogP contribution in [-0.2, 0) is 0 Å². The van der Waals surface area contributed by atoms with Gasteiger partial charge in [0.25, 0.3) is 0 Å². The number of nitrogens with two attached hydrogens (primary N) is 1. The molecule has 25 heavy (non-hydrogen) atoms. The lowest BCUT2D eigenvalue weighted by Crippen LogP contribution is -2.33. The zero-order chi connectivity index (χ0) is 17.1. The lowest BCUT2D eigenvalue weighted by Gasteiger charge is -2.26. The summed E-state index contributed by atoms with van der Waals surface area (Å²) in [5, 5.41) is 14.3. The summed E-state index contributed by atoms with van der Waals surface area (Å²) in [6, 6.07) is 4.73. The second-order valence-electron chi connectivity index (χ2n) is 7.34. The van der Waals surface area contributed by atoms with Gasteiger partial charge in [0.15, 0.2) is 5.82 Å². The van der Waals surface area contributed by atoms with Gasteiger partial charge in [0, 0.05) is 36.0 Å². The lowest BCUT2D eigenvalue weighted by molar-refractivity contribution is 0.410. The molecule has 0 radical (unpaired) electrons. The highest BCUT2D eigenvalue weighted by Crippen LogP contribution is 2.34. The summed E-state index contributed by atoms with van der Waals surface area (Å²) in [6.07, 6.45) is 11.2. The first-order valence-electron chi connectivity index (χ1n) is 9.44. The Balaban J connectivity index is 1.38. The Bertz CT molecular complexity index is 684. The average molecular weight is 341 g/mol. The maximum Gasteiger partial charge on any atom is 0.224 e. The van der Waals surface area contributed by atoms with Gasteiger partial charge >= 0.3 is 0 Å². The van der Waals surface area contributed by atoms with Crippen molar-refractivity contribution in [3.63, 3.8) is 0 Å². The molecule has 2 aliphatic rings. The van der Waals surface area contributed by atoms with E-state index in [1.807, 2.05) is 6.07 Å². The van der Waals surface area contributed by atoms with Crippen molar-refractivity contribution in [1.29, 1.82) is 0 Å². The maximum absolute atomic E-state index is 5.97. The zero-order valence-corrected chi connectivity index (χ0v) is 14.5. The number of hydrogen-bond acceptors (Lipinski definition) is 6. The van der Waals surface area contributed by atoms with E-state index in [-0.39, 0.29) is 0 Å². The Hall–Kier alpha value is -2.15. The van der Waals surface area contributed by atoms with Crippen molar-refractivity contribution in [3.05, 3.63) is 24.0 Å². The molecule has 7 nitrogen and oxygen atoms in total. The van der Waals surface area contributed by atoms with Crippen LogP contribution in [0.5, 0.6) is 0 Å². The number of nitrogens with one attached hydrogen (secondary N) is 3. The van der Waals surface area contributed by atoms with Crippen molar-refractivity contribution in [2.45, 2.75) is 69.4 Å². The van der Waals surface area contributed by atoms with E-state index >= 15 is 0 Å². The van der Waals surface area contributed by atoms with E-state index in [1.165, 1.54) is 31.4 Å². The topological polar surface area (TPSA) is 105 Å². The molecule has 134 valence electrons. The Morgan fingerprint density at radius 1 is 1.04 bits per heavy atom. The van der Waals surface area contributed by atoms with Gasteiger partial charge in [0.05, 0.1) is 0 Å². The van der Waals surface area contributed by atoms with E-state index in [0.29, 0.717) is 23.9 Å². The summed E-state index contributed by atoms with van der Waals surface area (Å²) in [7, 11) is 0. The molecule has 0 aromatic carbocycles. The molecule has 2 saturated carbocycles. The predicted octanol–water partition coefficient (Wildman–Crippen LogP) is 3.28. The number of hydrogen-bond donors (Lipinski definition) is 4. The second-order valence-corrected chi connectivity index (χ2v) is 7.34. The SMILES string of the molecule is N[C@H]1CC[C@@H](Nc2nccc(Nc3cc(C4CCCC4)[nH]n3)n2)CC1. The normalized spacial score (nSPS) is 24.4. The zero-order valence-electron chi connectivity index (χ0n) is 14.5. The van der Waals surface area contributed by atoms with Gasteiger partial charge in [0.1, 0.15) is 5.82 Å². The molecule has 5 N–H and O–H groups in total. The highest BCUT2D eigenvalue weighted by molar-refractivity contribution is 5.53. The molecule has 0 bridgehead atoms. The molecule has 0 atom stereocenters. The van der Waals surface area contributed by atoms with Crippen LogP contribution in [0.15, 0.2) is 18.3 Å². The fourth-order valence-electron chi connectivity index (χ4n) is 3.92. The van der Waals surface area contributed by atoms with Crippen molar-refractivity contribution in [2.24, 2.45) is 5.73 Å². The minimum absolute atomic E-state index is 0.348. The fraction of sp³-hybridized carbons (Fsp3) is 0.611. The number of rotatable bonds is 5. The Kier molecular flexibility index (Phi) is 4.83. The highest BCUT2D eigenvalue weighted by Gasteiger charge is 2.20. The molecular formula is C18H27N7. The van der Waals surface area contributed by atoms with E-state index in [2.05, 4.69) is 36.9 Å². The van der Waals surface area contributed by atoms with Crippen molar-refractivity contribution in [1.82, 2.24) is 20.2 Å². The van der Waals surface area contributed by atoms with E-state index in [9.17, 15) is 0 Å². The quantitative estimate of drug-likeness (QED) is 0.665. The second kappa shape index (κ2) is 7.39. The summed E-state index contributed by atoms with van der Waals surface area (Å²) >= 11 is 0. The molecule has 0 unspecified atom stereocenters. The summed E-state index contributed by atoms with van der Waals surface area (Å²) in [6.45, 7) is 0. The first-order valence-corrected chi connectivity index (χ1v) is 9.44. The van der Waals surface area contributed by atoms with Crippen LogP contribution >= 0.6 is 0 Å². The van der Waals surface area contributed by atoms with Gasteiger partial charge in [-0.15, -0.1) is 0 Å². The van der Waals surface area contributed by atoms with Gasteiger partial charge in [-0.1, -0.05) is 12.8 Å². The van der Waals surface area contributed by atoms with Gasteiger partial charge in [-0.05, 0) is 44.6 Å². The Labute approximate surface area is 148 Å². The van der Waals surface area contributed by atoms with Gasteiger partial charge < -0.3 is 16.4 Å². The van der Waals surface area contributed by atoms with Crippen LogP contribution in [0.2, 0.25) is 0 Å². The molecule has 2 aromatic heterocycles. The molecule has 4 rings (SSSR count). The molecule has 2 fully saturated rings. The van der Waals surface area contributed by atoms with Crippen LogP contribution in [0, 0.1) is 0 Å². The largest absolute Gasteiger partial charge is 0.351 e. The summed E-state index contributed by atoms with van der Waals surface area (Å²) in [5.74, 6) is 2.87. The molecule has 0 spiro atoms. The fourth-order valence-corrected chi connectivity index (χ4v) is 3.92. The van der Waals surface area contributed by atoms with Crippen molar-refractivity contribution in [2.75, 3.05) is 10.6 Å². The molecule has 2 aliphatic carbocycles. The molecule has 7 heteroatoms. The minimum atomic E-state index is 0.348. The van der Waals surface area contributed by atoms with Gasteiger partial charge in [-0.3, -0.25) is 5.10 Å². The number of aromatic amines is 1. The third kappa shape index (κ3) is 4.10. The van der Waals surface area contributed by atoms with Gasteiger partial charge in [0.2, 0.25) is 5.95 Å². The van der Waals surface area contributed by atoms with Crippen LogP contribution in [0.1, 0.15) is 63.0 Å². The number of aromatic nitrogens is 4. The average Bonchev–Trinajstić information content (AvgIpc) is 3.29. The molecule has 0 amide bonds. The monoisotopic (exact) mass is 341 g/mol. The third-order valence-electron chi connectivity index (χ3n) is 5.41. The smallest absolute Gasteiger partial charge is 0.224 e. The summed E-state index contributed by atoms with van der Waals surface area (Å²) in [4.78, 5) is 8.91. The predicted molar refractivity (Wildman–Crippen MR) is 99.0 cm³/mol. The van der Waals surface area contributed by atoms with Crippen molar-refractivity contribution < 1.29 is 0 Å². The molecular weight excluding hydrogens is 314 g/mol. The highest BCUT2D eigenvalue weighted by atomic mass is 15.2. The summed E-state index contributed by atoms with van der Waals surface area (Å²) in [5.41, 5.74) is 7.20. The third-order valence-corrected chi connectivity index (χ3v) is 5.41. The van der Waals surface area contributed by atoms with E-state index in [1.54, 1.807) is 6.20 Å².